The third-order valence-corrected chi connectivity index (χ3v) is 3.05. The molecule has 0 aromatic carbocycles. The topological polar surface area (TPSA) is 56.8 Å². The quantitative estimate of drug-likeness (QED) is 0.524. The molecular weight excluding hydrogens is 232 g/mol. The molecule has 0 radical (unpaired) electrons. The van der Waals surface area contributed by atoms with Crippen molar-refractivity contribution in [2.45, 2.75) is 0 Å². The molecule has 0 saturated carbocycles. The maximum Gasteiger partial charge on any atom is 0.236 e. The van der Waals surface area contributed by atoms with E-state index in [1.54, 1.807) is 0 Å². The molecule has 1 heterocycles. The number of hydrogen-bond acceptors (Lipinski definition) is 5. The second-order valence-electron chi connectivity index (χ2n) is 4.58. The molecule has 0 bridgehead atoms. The summed E-state index contributed by atoms with van der Waals surface area (Å²) in [5, 5.41) is 6.13. The van der Waals surface area contributed by atoms with E-state index in [2.05, 4.69) is 22.6 Å². The zero-order valence-electron chi connectivity index (χ0n) is 11.6. The Morgan fingerprint density at radius 3 is 2.50 bits per heavy atom. The van der Waals surface area contributed by atoms with Gasteiger partial charge in [0.1, 0.15) is 0 Å². The predicted octanol–water partition coefficient (Wildman–Crippen LogP) is -1.41. The van der Waals surface area contributed by atoms with Crippen molar-refractivity contribution in [3.8, 4) is 0 Å². The Morgan fingerprint density at radius 2 is 1.83 bits per heavy atom. The van der Waals surface area contributed by atoms with Crippen LogP contribution in [0.3, 0.4) is 0 Å². The standard InChI is InChI=1S/C12H26N4O2/c1-13-3-9-18-10-4-14-11-12(17)16-7-5-15(2)6-8-16/h13-14H,3-11H2,1-2H3. The maximum absolute atomic E-state index is 11.8. The Morgan fingerprint density at radius 1 is 1.17 bits per heavy atom. The molecule has 1 aliphatic heterocycles. The van der Waals surface area contributed by atoms with Crippen molar-refractivity contribution in [3.05, 3.63) is 0 Å². The van der Waals surface area contributed by atoms with Gasteiger partial charge in [0.2, 0.25) is 5.91 Å². The van der Waals surface area contributed by atoms with Crippen LogP contribution in [0.15, 0.2) is 0 Å². The van der Waals surface area contributed by atoms with Gasteiger partial charge in [-0.25, -0.2) is 0 Å². The number of piperazine rings is 1. The van der Waals surface area contributed by atoms with E-state index in [9.17, 15) is 4.79 Å². The average Bonchev–Trinajstić information content (AvgIpc) is 2.38. The van der Waals surface area contributed by atoms with Crippen LogP contribution in [0, 0.1) is 0 Å². The van der Waals surface area contributed by atoms with Crippen LogP contribution < -0.4 is 10.6 Å². The Balaban J connectivity index is 1.96. The van der Waals surface area contributed by atoms with Gasteiger partial charge in [-0.05, 0) is 14.1 Å². The van der Waals surface area contributed by atoms with Gasteiger partial charge >= 0.3 is 0 Å². The molecule has 1 amide bonds. The summed E-state index contributed by atoms with van der Waals surface area (Å²) in [4.78, 5) is 16.0. The molecular formula is C12H26N4O2. The van der Waals surface area contributed by atoms with E-state index < -0.39 is 0 Å². The van der Waals surface area contributed by atoms with Crippen LogP contribution in [-0.2, 0) is 9.53 Å². The molecule has 0 atom stereocenters. The number of carbonyl (C=O) groups is 1. The van der Waals surface area contributed by atoms with E-state index in [0.29, 0.717) is 19.8 Å². The highest BCUT2D eigenvalue weighted by Gasteiger charge is 2.17. The summed E-state index contributed by atoms with van der Waals surface area (Å²) in [6.07, 6.45) is 0. The van der Waals surface area contributed by atoms with Crippen LogP contribution in [0.2, 0.25) is 0 Å². The third-order valence-electron chi connectivity index (χ3n) is 3.05. The molecule has 1 aliphatic rings. The fraction of sp³-hybridized carbons (Fsp3) is 0.917. The third kappa shape index (κ3) is 6.30. The molecule has 0 aromatic rings. The maximum atomic E-state index is 11.8. The lowest BCUT2D eigenvalue weighted by molar-refractivity contribution is -0.131. The van der Waals surface area contributed by atoms with E-state index in [-0.39, 0.29) is 5.91 Å². The lowest BCUT2D eigenvalue weighted by Gasteiger charge is -2.32. The fourth-order valence-corrected chi connectivity index (χ4v) is 1.78. The van der Waals surface area contributed by atoms with Crippen LogP contribution in [0.5, 0.6) is 0 Å². The number of amides is 1. The summed E-state index contributed by atoms with van der Waals surface area (Å²) < 4.78 is 5.36. The zero-order valence-corrected chi connectivity index (χ0v) is 11.6. The van der Waals surface area contributed by atoms with Crippen LogP contribution >= 0.6 is 0 Å². The van der Waals surface area contributed by atoms with E-state index in [4.69, 9.17) is 4.74 Å². The summed E-state index contributed by atoms with van der Waals surface area (Å²) >= 11 is 0. The van der Waals surface area contributed by atoms with Gasteiger partial charge in [-0.3, -0.25) is 4.79 Å². The van der Waals surface area contributed by atoms with Gasteiger partial charge in [0, 0.05) is 39.3 Å². The summed E-state index contributed by atoms with van der Waals surface area (Å²) in [6.45, 7) is 6.99. The second kappa shape index (κ2) is 9.27. The monoisotopic (exact) mass is 258 g/mol. The average molecular weight is 258 g/mol. The van der Waals surface area contributed by atoms with Crippen molar-refractivity contribution in [2.24, 2.45) is 0 Å². The highest BCUT2D eigenvalue weighted by Crippen LogP contribution is 1.98. The largest absolute Gasteiger partial charge is 0.379 e. The first-order valence-electron chi connectivity index (χ1n) is 6.63. The Hall–Kier alpha value is -0.690. The van der Waals surface area contributed by atoms with Crippen LogP contribution in [-0.4, -0.2) is 88.8 Å². The van der Waals surface area contributed by atoms with Crippen molar-refractivity contribution < 1.29 is 9.53 Å². The Bertz CT molecular complexity index is 230. The Labute approximate surface area is 110 Å². The number of ether oxygens (including phenoxy) is 1. The van der Waals surface area contributed by atoms with Gasteiger partial charge < -0.3 is 25.2 Å². The Kier molecular flexibility index (Phi) is 7.91. The van der Waals surface area contributed by atoms with Crippen molar-refractivity contribution in [1.29, 1.82) is 0 Å². The zero-order chi connectivity index (χ0) is 13.2. The van der Waals surface area contributed by atoms with Gasteiger partial charge in [0.25, 0.3) is 0 Å². The number of nitrogens with zero attached hydrogens (tertiary/aromatic N) is 2. The molecule has 2 N–H and O–H groups in total. The fourth-order valence-electron chi connectivity index (χ4n) is 1.78. The van der Waals surface area contributed by atoms with E-state index >= 15 is 0 Å². The minimum atomic E-state index is 0.193. The van der Waals surface area contributed by atoms with Crippen LogP contribution in [0.1, 0.15) is 0 Å². The number of hydrogen-bond donors (Lipinski definition) is 2. The SMILES string of the molecule is CNCCOCCNCC(=O)N1CCN(C)CC1. The summed E-state index contributed by atoms with van der Waals surface area (Å²) in [5.41, 5.74) is 0. The highest BCUT2D eigenvalue weighted by molar-refractivity contribution is 5.78. The molecule has 0 spiro atoms. The summed E-state index contributed by atoms with van der Waals surface area (Å²) in [6, 6.07) is 0. The van der Waals surface area contributed by atoms with Gasteiger partial charge in [0.05, 0.1) is 19.8 Å². The van der Waals surface area contributed by atoms with Gasteiger partial charge in [-0.15, -0.1) is 0 Å². The van der Waals surface area contributed by atoms with Gasteiger partial charge in [-0.1, -0.05) is 0 Å². The minimum absolute atomic E-state index is 0.193. The molecule has 106 valence electrons. The van der Waals surface area contributed by atoms with E-state index in [1.807, 2.05) is 11.9 Å². The molecule has 1 rings (SSSR count). The molecule has 0 unspecified atom stereocenters. The molecule has 1 saturated heterocycles. The first kappa shape index (κ1) is 15.4. The van der Waals surface area contributed by atoms with Crippen molar-refractivity contribution in [2.75, 3.05) is 73.1 Å². The molecule has 6 nitrogen and oxygen atoms in total. The van der Waals surface area contributed by atoms with Crippen LogP contribution in [0.25, 0.3) is 0 Å². The number of likely N-dealkylation sites (N-methyl/N-ethyl adjacent to an activating group) is 2. The smallest absolute Gasteiger partial charge is 0.236 e. The molecule has 6 heteroatoms. The van der Waals surface area contributed by atoms with Gasteiger partial charge in [0.15, 0.2) is 0 Å². The van der Waals surface area contributed by atoms with E-state index in [1.165, 1.54) is 0 Å². The summed E-state index contributed by atoms with van der Waals surface area (Å²) in [5.74, 6) is 0.193. The minimum Gasteiger partial charge on any atom is -0.379 e. The van der Waals surface area contributed by atoms with Gasteiger partial charge in [-0.2, -0.15) is 0 Å². The predicted molar refractivity (Wildman–Crippen MR) is 71.7 cm³/mol. The number of carbonyl (C=O) groups excluding carboxylic acids is 1. The molecule has 18 heavy (non-hydrogen) atoms. The first-order chi connectivity index (χ1) is 8.74. The summed E-state index contributed by atoms with van der Waals surface area (Å²) in [7, 11) is 3.99. The lowest BCUT2D eigenvalue weighted by atomic mass is 10.3. The first-order valence-corrected chi connectivity index (χ1v) is 6.63. The molecule has 1 fully saturated rings. The lowest BCUT2D eigenvalue weighted by Crippen LogP contribution is -2.49. The van der Waals surface area contributed by atoms with Crippen LogP contribution in [0.4, 0.5) is 0 Å². The molecule has 0 aromatic heterocycles. The molecule has 0 aliphatic carbocycles. The van der Waals surface area contributed by atoms with E-state index in [0.717, 1.165) is 39.3 Å². The number of nitrogens with one attached hydrogen (secondary N) is 2. The van der Waals surface area contributed by atoms with Crippen molar-refractivity contribution in [1.82, 2.24) is 20.4 Å². The van der Waals surface area contributed by atoms with Crippen molar-refractivity contribution in [3.63, 3.8) is 0 Å². The highest BCUT2D eigenvalue weighted by atomic mass is 16.5. The normalized spacial score (nSPS) is 17.1. The second-order valence-corrected chi connectivity index (χ2v) is 4.58. The number of rotatable bonds is 8. The van der Waals surface area contributed by atoms with Crippen molar-refractivity contribution >= 4 is 5.91 Å².